The third-order valence-corrected chi connectivity index (χ3v) is 2.26. The summed E-state index contributed by atoms with van der Waals surface area (Å²) < 4.78 is 0.396. The van der Waals surface area contributed by atoms with Crippen molar-refractivity contribution in [3.8, 4) is 5.75 Å². The summed E-state index contributed by atoms with van der Waals surface area (Å²) in [4.78, 5) is 9.43. The van der Waals surface area contributed by atoms with Crippen LogP contribution in [0.2, 0.25) is 5.02 Å². The van der Waals surface area contributed by atoms with Crippen molar-refractivity contribution in [1.82, 2.24) is 0 Å². The van der Waals surface area contributed by atoms with Gasteiger partial charge in [-0.15, -0.1) is 0 Å². The van der Waals surface area contributed by atoms with Crippen molar-refractivity contribution < 1.29 is 10.0 Å². The number of benzene rings is 1. The van der Waals surface area contributed by atoms with Gasteiger partial charge in [0.2, 0.25) is 6.20 Å². The predicted octanol–water partition coefficient (Wildman–Crippen LogP) is 3.06. The molecule has 0 aliphatic heterocycles. The summed E-state index contributed by atoms with van der Waals surface area (Å²) in [5.74, 6) is -0.0764. The monoisotopic (exact) mass is 277 g/mol. The zero-order valence-corrected chi connectivity index (χ0v) is 9.12. The lowest BCUT2D eigenvalue weighted by molar-refractivity contribution is -0.400. The summed E-state index contributed by atoms with van der Waals surface area (Å²) >= 11 is 8.76. The molecule has 0 heterocycles. The van der Waals surface area contributed by atoms with Crippen molar-refractivity contribution in [3.05, 3.63) is 43.5 Å². The molecule has 0 saturated carbocycles. The minimum atomic E-state index is -0.617. The minimum Gasteiger partial charge on any atom is -0.506 e. The van der Waals surface area contributed by atoms with Crippen LogP contribution in [0.3, 0.4) is 0 Å². The molecule has 0 unspecified atom stereocenters. The number of hydrogen-bond donors (Lipinski definition) is 1. The van der Waals surface area contributed by atoms with E-state index < -0.39 is 4.92 Å². The lowest BCUT2D eigenvalue weighted by Crippen LogP contribution is -1.83. The Bertz CT molecular complexity index is 406. The van der Waals surface area contributed by atoms with Crippen LogP contribution >= 0.6 is 27.5 Å². The van der Waals surface area contributed by atoms with E-state index in [1.165, 1.54) is 18.2 Å². The molecule has 0 radical (unpaired) electrons. The maximum atomic E-state index is 10.0. The molecule has 1 N–H and O–H groups in total. The van der Waals surface area contributed by atoms with Gasteiger partial charge in [-0.05, 0) is 28.1 Å². The van der Waals surface area contributed by atoms with Crippen LogP contribution in [0.25, 0.3) is 6.08 Å². The summed E-state index contributed by atoms with van der Waals surface area (Å²) in [5.41, 5.74) is 0.293. The molecule has 0 spiro atoms. The Morgan fingerprint density at radius 2 is 2.21 bits per heavy atom. The predicted molar refractivity (Wildman–Crippen MR) is 56.8 cm³/mol. The first kappa shape index (κ1) is 11.0. The minimum absolute atomic E-state index is 0.0764. The fourth-order valence-corrected chi connectivity index (χ4v) is 1.69. The molecule has 0 bridgehead atoms. The highest BCUT2D eigenvalue weighted by Gasteiger charge is 2.05. The molecule has 1 rings (SSSR count). The van der Waals surface area contributed by atoms with Crippen molar-refractivity contribution in [3.63, 3.8) is 0 Å². The number of nitro groups is 1. The van der Waals surface area contributed by atoms with Crippen LogP contribution < -0.4 is 0 Å². The second-order valence-corrected chi connectivity index (χ2v) is 3.72. The smallest absolute Gasteiger partial charge is 0.235 e. The van der Waals surface area contributed by atoms with Gasteiger partial charge in [0.15, 0.2) is 0 Å². The van der Waals surface area contributed by atoms with Crippen LogP contribution in [0.1, 0.15) is 5.56 Å². The Kier molecular flexibility index (Phi) is 3.49. The molecule has 1 aromatic carbocycles. The normalized spacial score (nSPS) is 10.7. The largest absolute Gasteiger partial charge is 0.506 e. The number of rotatable bonds is 2. The lowest BCUT2D eigenvalue weighted by atomic mass is 10.2. The van der Waals surface area contributed by atoms with E-state index in [-0.39, 0.29) is 5.75 Å². The van der Waals surface area contributed by atoms with E-state index in [9.17, 15) is 15.2 Å². The van der Waals surface area contributed by atoms with Gasteiger partial charge in [0, 0.05) is 16.7 Å². The topological polar surface area (TPSA) is 63.4 Å². The van der Waals surface area contributed by atoms with E-state index in [4.69, 9.17) is 11.6 Å². The van der Waals surface area contributed by atoms with Gasteiger partial charge >= 0.3 is 0 Å². The molecule has 0 aromatic heterocycles. The van der Waals surface area contributed by atoms with Crippen LogP contribution in [0.5, 0.6) is 5.75 Å². The third kappa shape index (κ3) is 2.71. The molecule has 14 heavy (non-hydrogen) atoms. The van der Waals surface area contributed by atoms with E-state index >= 15 is 0 Å². The van der Waals surface area contributed by atoms with E-state index in [1.807, 2.05) is 0 Å². The van der Waals surface area contributed by atoms with E-state index in [1.54, 1.807) is 0 Å². The van der Waals surface area contributed by atoms with Gasteiger partial charge in [-0.25, -0.2) is 0 Å². The van der Waals surface area contributed by atoms with Crippen molar-refractivity contribution in [2.24, 2.45) is 0 Å². The molecule has 0 atom stereocenters. The fraction of sp³-hybridized carbons (Fsp3) is 0. The molecule has 0 aliphatic carbocycles. The zero-order valence-electron chi connectivity index (χ0n) is 6.78. The van der Waals surface area contributed by atoms with Gasteiger partial charge in [0.05, 0.1) is 9.40 Å². The van der Waals surface area contributed by atoms with Crippen molar-refractivity contribution >= 4 is 33.6 Å². The average Bonchev–Trinajstić information content (AvgIpc) is 2.08. The lowest BCUT2D eigenvalue weighted by Gasteiger charge is -2.01. The molecular weight excluding hydrogens is 273 g/mol. The van der Waals surface area contributed by atoms with Crippen molar-refractivity contribution in [1.29, 1.82) is 0 Å². The zero-order chi connectivity index (χ0) is 10.7. The third-order valence-electron chi connectivity index (χ3n) is 1.43. The first-order valence-electron chi connectivity index (χ1n) is 3.50. The molecular formula is C8H5BrClNO3. The standard InChI is InChI=1S/C8H5BrClNO3/c9-7-4-6(10)3-5(8(7)12)1-2-11(13)14/h1-4,12H/b2-1+. The van der Waals surface area contributed by atoms with Crippen LogP contribution in [0, 0.1) is 10.1 Å². The number of aromatic hydroxyl groups is 1. The molecule has 74 valence electrons. The van der Waals surface area contributed by atoms with E-state index in [0.29, 0.717) is 15.1 Å². The highest BCUT2D eigenvalue weighted by Crippen LogP contribution is 2.32. The van der Waals surface area contributed by atoms with Gasteiger partial charge < -0.3 is 5.11 Å². The molecule has 0 aliphatic rings. The van der Waals surface area contributed by atoms with Crippen LogP contribution in [-0.4, -0.2) is 10.0 Å². The van der Waals surface area contributed by atoms with Gasteiger partial charge in [-0.3, -0.25) is 10.1 Å². The van der Waals surface area contributed by atoms with Gasteiger partial charge in [0.1, 0.15) is 5.75 Å². The highest BCUT2D eigenvalue weighted by atomic mass is 79.9. The first-order chi connectivity index (χ1) is 6.50. The summed E-state index contributed by atoms with van der Waals surface area (Å²) in [6, 6.07) is 2.93. The van der Waals surface area contributed by atoms with E-state index in [0.717, 1.165) is 6.20 Å². The van der Waals surface area contributed by atoms with E-state index in [2.05, 4.69) is 15.9 Å². The molecule has 4 nitrogen and oxygen atoms in total. The summed E-state index contributed by atoms with van der Waals surface area (Å²) in [6.07, 6.45) is 1.91. The van der Waals surface area contributed by atoms with Crippen LogP contribution in [0.4, 0.5) is 0 Å². The maximum absolute atomic E-state index is 10.0. The maximum Gasteiger partial charge on any atom is 0.235 e. The van der Waals surface area contributed by atoms with Crippen molar-refractivity contribution in [2.45, 2.75) is 0 Å². The van der Waals surface area contributed by atoms with Crippen molar-refractivity contribution in [2.75, 3.05) is 0 Å². The Labute approximate surface area is 93.1 Å². The second-order valence-electron chi connectivity index (χ2n) is 2.43. The number of phenolic OH excluding ortho intramolecular Hbond substituents is 1. The van der Waals surface area contributed by atoms with Crippen LogP contribution in [0.15, 0.2) is 22.8 Å². The quantitative estimate of drug-likeness (QED) is 0.668. The number of hydrogen-bond acceptors (Lipinski definition) is 3. The molecule has 0 amide bonds. The first-order valence-corrected chi connectivity index (χ1v) is 4.67. The SMILES string of the molecule is O=[N+]([O-])/C=C/c1cc(Cl)cc(Br)c1O. The van der Waals surface area contributed by atoms with Crippen LogP contribution in [-0.2, 0) is 0 Å². The summed E-state index contributed by atoms with van der Waals surface area (Å²) in [5, 5.41) is 19.9. The Morgan fingerprint density at radius 3 is 2.79 bits per heavy atom. The number of nitrogens with zero attached hydrogens (tertiary/aromatic N) is 1. The second kappa shape index (κ2) is 4.43. The fourth-order valence-electron chi connectivity index (χ4n) is 0.854. The molecule has 0 fully saturated rings. The Morgan fingerprint density at radius 1 is 1.57 bits per heavy atom. The number of phenols is 1. The highest BCUT2D eigenvalue weighted by molar-refractivity contribution is 9.10. The summed E-state index contributed by atoms with van der Waals surface area (Å²) in [7, 11) is 0. The molecule has 0 saturated heterocycles. The molecule has 1 aromatic rings. The average molecular weight is 278 g/mol. The Hall–Kier alpha value is -1.07. The summed E-state index contributed by atoms with van der Waals surface area (Å²) in [6.45, 7) is 0. The van der Waals surface area contributed by atoms with Gasteiger partial charge in [-0.2, -0.15) is 0 Å². The van der Waals surface area contributed by atoms with Gasteiger partial charge in [-0.1, -0.05) is 11.6 Å². The number of halogens is 2. The molecule has 6 heteroatoms. The van der Waals surface area contributed by atoms with Gasteiger partial charge in [0.25, 0.3) is 0 Å². The Balaban J connectivity index is 3.14.